The van der Waals surface area contributed by atoms with E-state index in [1.165, 1.54) is 24.3 Å². The fourth-order valence-corrected chi connectivity index (χ4v) is 1.89. The summed E-state index contributed by atoms with van der Waals surface area (Å²) in [6.45, 7) is 5.09. The van der Waals surface area contributed by atoms with Crippen LogP contribution in [0.3, 0.4) is 0 Å². The second-order valence-corrected chi connectivity index (χ2v) is 6.02. The van der Waals surface area contributed by atoms with E-state index in [4.69, 9.17) is 16.7 Å². The van der Waals surface area contributed by atoms with Crippen LogP contribution in [-0.4, -0.2) is 23.0 Å². The average Bonchev–Trinajstić information content (AvgIpc) is 2.33. The van der Waals surface area contributed by atoms with Gasteiger partial charge in [-0.2, -0.15) is 0 Å². The van der Waals surface area contributed by atoms with E-state index in [0.717, 1.165) is 6.08 Å². The zero-order chi connectivity index (χ0) is 16.2. The molecule has 114 valence electrons. The van der Waals surface area contributed by atoms with Crippen LogP contribution < -0.4 is 5.32 Å². The maximum atomic E-state index is 13.5. The smallest absolute Gasteiger partial charge is 0.326 e. The molecule has 0 aromatic heterocycles. The minimum Gasteiger partial charge on any atom is -0.480 e. The molecule has 1 aromatic carbocycles. The highest BCUT2D eigenvalue weighted by atomic mass is 35.5. The third-order valence-electron chi connectivity index (χ3n) is 2.80. The van der Waals surface area contributed by atoms with Crippen LogP contribution in [0.5, 0.6) is 0 Å². The van der Waals surface area contributed by atoms with Crippen LogP contribution in [0, 0.1) is 11.2 Å². The molecule has 1 amide bonds. The van der Waals surface area contributed by atoms with Crippen molar-refractivity contribution in [2.75, 3.05) is 0 Å². The molecule has 0 radical (unpaired) electrons. The van der Waals surface area contributed by atoms with Gasteiger partial charge in [-0.25, -0.2) is 9.18 Å². The summed E-state index contributed by atoms with van der Waals surface area (Å²) in [5, 5.41) is 11.7. The third kappa shape index (κ3) is 4.86. The van der Waals surface area contributed by atoms with E-state index in [9.17, 15) is 14.0 Å². The molecule has 0 aliphatic heterocycles. The van der Waals surface area contributed by atoms with E-state index >= 15 is 0 Å². The standard InChI is InChI=1S/C15H17ClFNO3/c1-15(2,3)13(14(20)21)18-12(19)8-7-9-10(16)5-4-6-11(9)17/h4-8,13H,1-3H3,(H,18,19)(H,20,21)/b8-7+. The number of benzene rings is 1. The van der Waals surface area contributed by atoms with E-state index < -0.39 is 29.2 Å². The van der Waals surface area contributed by atoms with Gasteiger partial charge in [0, 0.05) is 11.6 Å². The maximum Gasteiger partial charge on any atom is 0.326 e. The maximum absolute atomic E-state index is 13.5. The number of hydrogen-bond donors (Lipinski definition) is 2. The van der Waals surface area contributed by atoms with Crippen molar-refractivity contribution in [3.63, 3.8) is 0 Å². The van der Waals surface area contributed by atoms with Crippen molar-refractivity contribution in [3.05, 3.63) is 40.7 Å². The normalized spacial score (nSPS) is 13.2. The molecule has 1 atom stereocenters. The number of aliphatic carboxylic acids is 1. The Morgan fingerprint density at radius 2 is 2.00 bits per heavy atom. The number of nitrogens with one attached hydrogen (secondary N) is 1. The molecule has 1 rings (SSSR count). The van der Waals surface area contributed by atoms with Gasteiger partial charge in [0.2, 0.25) is 5.91 Å². The van der Waals surface area contributed by atoms with Gasteiger partial charge in [-0.15, -0.1) is 0 Å². The molecule has 0 aliphatic carbocycles. The van der Waals surface area contributed by atoms with Gasteiger partial charge in [-0.3, -0.25) is 4.79 Å². The van der Waals surface area contributed by atoms with Gasteiger partial charge in [0.1, 0.15) is 11.9 Å². The molecule has 0 fully saturated rings. The Bertz CT molecular complexity index is 559. The summed E-state index contributed by atoms with van der Waals surface area (Å²) in [4.78, 5) is 22.9. The van der Waals surface area contributed by atoms with Gasteiger partial charge in [-0.05, 0) is 23.6 Å². The number of halogens is 2. The molecule has 0 saturated heterocycles. The lowest BCUT2D eigenvalue weighted by molar-refractivity contribution is -0.144. The quantitative estimate of drug-likeness (QED) is 0.839. The van der Waals surface area contributed by atoms with E-state index in [2.05, 4.69) is 5.32 Å². The van der Waals surface area contributed by atoms with Crippen molar-refractivity contribution >= 4 is 29.6 Å². The van der Waals surface area contributed by atoms with Gasteiger partial charge in [-0.1, -0.05) is 38.4 Å². The topological polar surface area (TPSA) is 66.4 Å². The first-order chi connectivity index (χ1) is 9.62. The predicted octanol–water partition coefficient (Wildman–Crippen LogP) is 3.11. The van der Waals surface area contributed by atoms with Crippen LogP contribution in [0.15, 0.2) is 24.3 Å². The molecule has 0 bridgehead atoms. The molecule has 1 unspecified atom stereocenters. The highest BCUT2D eigenvalue weighted by Crippen LogP contribution is 2.21. The van der Waals surface area contributed by atoms with Crippen LogP contribution in [0.4, 0.5) is 4.39 Å². The molecule has 4 nitrogen and oxygen atoms in total. The number of amides is 1. The van der Waals surface area contributed by atoms with Crippen LogP contribution in [0.2, 0.25) is 5.02 Å². The van der Waals surface area contributed by atoms with Crippen LogP contribution in [0.1, 0.15) is 26.3 Å². The number of carboxylic acids is 1. The Kier molecular flexibility index (Phi) is 5.49. The second-order valence-electron chi connectivity index (χ2n) is 5.61. The summed E-state index contributed by atoms with van der Waals surface area (Å²) in [6, 6.07) is 3.12. The number of carboxylic acid groups (broad SMARTS) is 1. The first-order valence-electron chi connectivity index (χ1n) is 6.28. The minimum absolute atomic E-state index is 0.0805. The first kappa shape index (κ1) is 17.2. The zero-order valence-electron chi connectivity index (χ0n) is 12.0. The highest BCUT2D eigenvalue weighted by molar-refractivity contribution is 6.32. The first-order valence-corrected chi connectivity index (χ1v) is 6.66. The number of hydrogen-bond acceptors (Lipinski definition) is 2. The molecule has 0 saturated carbocycles. The van der Waals surface area contributed by atoms with E-state index in [1.54, 1.807) is 20.8 Å². The molecular formula is C15H17ClFNO3. The van der Waals surface area contributed by atoms with Gasteiger partial charge in [0.05, 0.1) is 5.02 Å². The van der Waals surface area contributed by atoms with Gasteiger partial charge >= 0.3 is 5.97 Å². The molecule has 0 heterocycles. The van der Waals surface area contributed by atoms with Gasteiger partial charge in [0.15, 0.2) is 0 Å². The summed E-state index contributed by atoms with van der Waals surface area (Å²) < 4.78 is 13.5. The minimum atomic E-state index is -1.13. The van der Waals surface area contributed by atoms with Crippen molar-refractivity contribution in [1.29, 1.82) is 0 Å². The average molecular weight is 314 g/mol. The van der Waals surface area contributed by atoms with Gasteiger partial charge in [0.25, 0.3) is 0 Å². The van der Waals surface area contributed by atoms with Crippen molar-refractivity contribution in [3.8, 4) is 0 Å². The fourth-order valence-electron chi connectivity index (χ4n) is 1.67. The second kappa shape index (κ2) is 6.72. The van der Waals surface area contributed by atoms with E-state index in [1.807, 2.05) is 0 Å². The Morgan fingerprint density at radius 3 is 2.48 bits per heavy atom. The molecule has 2 N–H and O–H groups in total. The number of rotatable bonds is 4. The SMILES string of the molecule is CC(C)(C)C(NC(=O)/C=C/c1c(F)cccc1Cl)C(=O)O. The molecule has 0 spiro atoms. The van der Waals surface area contributed by atoms with Crippen LogP contribution in [-0.2, 0) is 9.59 Å². The van der Waals surface area contributed by atoms with Crippen molar-refractivity contribution in [1.82, 2.24) is 5.32 Å². The van der Waals surface area contributed by atoms with Crippen molar-refractivity contribution < 1.29 is 19.1 Å². The zero-order valence-corrected chi connectivity index (χ0v) is 12.7. The lowest BCUT2D eigenvalue weighted by Gasteiger charge is -2.27. The van der Waals surface area contributed by atoms with E-state index in [0.29, 0.717) is 0 Å². The Morgan fingerprint density at radius 1 is 1.38 bits per heavy atom. The molecule has 1 aromatic rings. The molecule has 21 heavy (non-hydrogen) atoms. The monoisotopic (exact) mass is 313 g/mol. The third-order valence-corrected chi connectivity index (χ3v) is 3.13. The molecular weight excluding hydrogens is 297 g/mol. The summed E-state index contributed by atoms with van der Waals surface area (Å²) in [7, 11) is 0. The van der Waals surface area contributed by atoms with Gasteiger partial charge < -0.3 is 10.4 Å². The van der Waals surface area contributed by atoms with Crippen LogP contribution in [0.25, 0.3) is 6.08 Å². The Labute approximate surface area is 127 Å². The Balaban J connectivity index is 2.86. The number of carbonyl (C=O) groups is 2. The highest BCUT2D eigenvalue weighted by Gasteiger charge is 2.32. The van der Waals surface area contributed by atoms with Crippen LogP contribution >= 0.6 is 11.6 Å². The Hall–Kier alpha value is -1.88. The fraction of sp³-hybridized carbons (Fsp3) is 0.333. The molecule has 0 aliphatic rings. The lowest BCUT2D eigenvalue weighted by Crippen LogP contribution is -2.48. The predicted molar refractivity (Wildman–Crippen MR) is 79.5 cm³/mol. The number of carbonyl (C=O) groups excluding carboxylic acids is 1. The summed E-state index contributed by atoms with van der Waals surface area (Å²) >= 11 is 5.82. The van der Waals surface area contributed by atoms with Crippen molar-refractivity contribution in [2.24, 2.45) is 5.41 Å². The van der Waals surface area contributed by atoms with Crippen molar-refractivity contribution in [2.45, 2.75) is 26.8 Å². The summed E-state index contributed by atoms with van der Waals surface area (Å²) in [5.74, 6) is -2.32. The largest absolute Gasteiger partial charge is 0.480 e. The lowest BCUT2D eigenvalue weighted by atomic mass is 9.87. The summed E-state index contributed by atoms with van der Waals surface area (Å²) in [5.41, 5.74) is -0.567. The van der Waals surface area contributed by atoms with E-state index in [-0.39, 0.29) is 10.6 Å². The summed E-state index contributed by atoms with van der Waals surface area (Å²) in [6.07, 6.45) is 2.28. The molecule has 6 heteroatoms.